The molecule has 0 aromatic rings. The molecule has 1 heterocycles. The highest BCUT2D eigenvalue weighted by molar-refractivity contribution is 5.80. The number of allylic oxidation sites excluding steroid dienone is 2. The van der Waals surface area contributed by atoms with Crippen LogP contribution in [-0.2, 0) is 14.3 Å². The van der Waals surface area contributed by atoms with Gasteiger partial charge in [-0.25, -0.2) is 0 Å². The van der Waals surface area contributed by atoms with E-state index < -0.39 is 74.2 Å². The summed E-state index contributed by atoms with van der Waals surface area (Å²) in [7, 11) is 0. The largest absolute Gasteiger partial charge is 0.394 e. The molecule has 58 heavy (non-hydrogen) atoms. The Morgan fingerprint density at radius 2 is 1.02 bits per heavy atom. The molecule has 0 aliphatic carbocycles. The smallest absolute Gasteiger partial charge is 0.249 e. The molecule has 11 heteroatoms. The Kier molecular flexibility index (Phi) is 35.6. The summed E-state index contributed by atoms with van der Waals surface area (Å²) < 4.78 is 11.1. The Hall–Kier alpha value is -1.15. The van der Waals surface area contributed by atoms with Crippen molar-refractivity contribution in [3.8, 4) is 0 Å². The van der Waals surface area contributed by atoms with Crippen LogP contribution in [0.3, 0.4) is 0 Å². The molecule has 344 valence electrons. The Balaban J connectivity index is 2.41. The van der Waals surface area contributed by atoms with Crippen molar-refractivity contribution < 1.29 is 50.0 Å². The molecule has 0 saturated carbocycles. The standard InChI is InChI=1S/C47H91NO10/c1-3-5-7-9-11-13-15-17-18-19-20-21-22-23-25-27-29-31-33-35-40(51)46(56)48-38(37-57-47-45(55)44(54)43(53)41(36-49)58-47)42(52)39(50)34-32-30-28-26-24-16-14-12-10-8-6-4-2/h26,28,38-45,47,49-55H,3-25,27,29-37H2,1-2H3,(H,48,56)/b28-26-/t38-,39+,40+,41+,42-,43+,44-,45+,47+/m0/s1. The summed E-state index contributed by atoms with van der Waals surface area (Å²) >= 11 is 0. The van der Waals surface area contributed by atoms with E-state index in [4.69, 9.17) is 9.47 Å². The first-order valence-electron chi connectivity index (χ1n) is 24.1. The van der Waals surface area contributed by atoms with Gasteiger partial charge in [-0.05, 0) is 38.5 Å². The van der Waals surface area contributed by atoms with Crippen LogP contribution >= 0.6 is 0 Å². The van der Waals surface area contributed by atoms with Crippen molar-refractivity contribution in [2.45, 2.75) is 268 Å². The van der Waals surface area contributed by atoms with Crippen molar-refractivity contribution in [2.24, 2.45) is 0 Å². The molecule has 9 atom stereocenters. The predicted octanol–water partition coefficient (Wildman–Crippen LogP) is 8.06. The quantitative estimate of drug-likeness (QED) is 0.0222. The lowest BCUT2D eigenvalue weighted by Crippen LogP contribution is -2.60. The Labute approximate surface area is 353 Å². The molecule has 1 rings (SSSR count). The number of carbonyl (C=O) groups excluding carboxylic acids is 1. The van der Waals surface area contributed by atoms with Gasteiger partial charge >= 0.3 is 0 Å². The van der Waals surface area contributed by atoms with Crippen LogP contribution in [0, 0.1) is 0 Å². The van der Waals surface area contributed by atoms with Gasteiger partial charge in [0.05, 0.1) is 25.4 Å². The van der Waals surface area contributed by atoms with E-state index in [1.54, 1.807) is 0 Å². The summed E-state index contributed by atoms with van der Waals surface area (Å²) in [5, 5.41) is 75.6. The van der Waals surface area contributed by atoms with Crippen LogP contribution in [-0.4, -0.2) is 110 Å². The zero-order chi connectivity index (χ0) is 42.6. The van der Waals surface area contributed by atoms with Crippen LogP contribution in [0.25, 0.3) is 0 Å². The molecule has 1 fully saturated rings. The third-order valence-corrected chi connectivity index (χ3v) is 11.8. The lowest BCUT2D eigenvalue weighted by molar-refractivity contribution is -0.303. The number of amides is 1. The number of hydrogen-bond donors (Lipinski definition) is 8. The van der Waals surface area contributed by atoms with Crippen molar-refractivity contribution in [2.75, 3.05) is 13.2 Å². The van der Waals surface area contributed by atoms with Gasteiger partial charge in [0.2, 0.25) is 5.91 Å². The molecule has 8 N–H and O–H groups in total. The third-order valence-electron chi connectivity index (χ3n) is 11.8. The normalized spacial score (nSPS) is 22.0. The van der Waals surface area contributed by atoms with Gasteiger partial charge < -0.3 is 50.5 Å². The number of aliphatic hydroxyl groups excluding tert-OH is 7. The molecule has 1 saturated heterocycles. The average Bonchev–Trinajstić information content (AvgIpc) is 3.22. The average molecular weight is 830 g/mol. The molecule has 0 aromatic carbocycles. The second-order valence-corrected chi connectivity index (χ2v) is 17.2. The van der Waals surface area contributed by atoms with Crippen LogP contribution in [0.5, 0.6) is 0 Å². The van der Waals surface area contributed by atoms with Crippen molar-refractivity contribution in [3.63, 3.8) is 0 Å². The van der Waals surface area contributed by atoms with E-state index in [0.29, 0.717) is 12.8 Å². The molecule has 1 amide bonds. The molecule has 0 radical (unpaired) electrons. The van der Waals surface area contributed by atoms with Crippen LogP contribution < -0.4 is 5.32 Å². The number of nitrogens with one attached hydrogen (secondary N) is 1. The van der Waals surface area contributed by atoms with Crippen LogP contribution in [0.2, 0.25) is 0 Å². The number of rotatable bonds is 40. The maximum atomic E-state index is 13.1. The second kappa shape index (κ2) is 37.6. The van der Waals surface area contributed by atoms with E-state index in [1.165, 1.54) is 135 Å². The van der Waals surface area contributed by atoms with Gasteiger partial charge in [-0.2, -0.15) is 0 Å². The van der Waals surface area contributed by atoms with Crippen molar-refractivity contribution in [1.82, 2.24) is 5.32 Å². The fraction of sp³-hybridized carbons (Fsp3) is 0.936. The SMILES string of the molecule is CCCCCCCCC/C=C\CCC[C@@H](O)[C@@H](O)[C@H](CO[C@@H]1O[C@H](CO)[C@@H](O)[C@H](O)[C@H]1O)NC(=O)[C@H](O)CCCCCCCCCCCCCCCCCCCCC. The molecular weight excluding hydrogens is 739 g/mol. The number of unbranched alkanes of at least 4 members (excludes halogenated alkanes) is 26. The van der Waals surface area contributed by atoms with E-state index in [-0.39, 0.29) is 12.8 Å². The molecule has 0 unspecified atom stereocenters. The van der Waals surface area contributed by atoms with E-state index in [0.717, 1.165) is 38.5 Å². The molecule has 0 spiro atoms. The molecule has 1 aliphatic heterocycles. The number of hydrogen-bond acceptors (Lipinski definition) is 10. The van der Waals surface area contributed by atoms with Gasteiger partial charge in [0.1, 0.15) is 36.6 Å². The first-order chi connectivity index (χ1) is 28.2. The van der Waals surface area contributed by atoms with Gasteiger partial charge in [0.15, 0.2) is 6.29 Å². The molecule has 1 aliphatic rings. The van der Waals surface area contributed by atoms with Crippen LogP contribution in [0.4, 0.5) is 0 Å². The molecule has 11 nitrogen and oxygen atoms in total. The van der Waals surface area contributed by atoms with Crippen LogP contribution in [0.15, 0.2) is 12.2 Å². The minimum atomic E-state index is -1.66. The number of carbonyl (C=O) groups is 1. The number of aliphatic hydroxyl groups is 7. The lowest BCUT2D eigenvalue weighted by Gasteiger charge is -2.40. The van der Waals surface area contributed by atoms with Gasteiger partial charge in [0.25, 0.3) is 0 Å². The lowest BCUT2D eigenvalue weighted by atomic mass is 9.98. The maximum absolute atomic E-state index is 13.1. The van der Waals surface area contributed by atoms with E-state index >= 15 is 0 Å². The monoisotopic (exact) mass is 830 g/mol. The number of ether oxygens (including phenoxy) is 2. The summed E-state index contributed by atoms with van der Waals surface area (Å²) in [5.41, 5.74) is 0. The second-order valence-electron chi connectivity index (χ2n) is 17.2. The van der Waals surface area contributed by atoms with Gasteiger partial charge in [-0.1, -0.05) is 187 Å². The molecule has 0 aromatic heterocycles. The van der Waals surface area contributed by atoms with Crippen molar-refractivity contribution >= 4 is 5.91 Å². The third kappa shape index (κ3) is 26.9. The van der Waals surface area contributed by atoms with E-state index in [2.05, 4.69) is 31.3 Å². The van der Waals surface area contributed by atoms with Gasteiger partial charge in [0, 0.05) is 0 Å². The fourth-order valence-corrected chi connectivity index (χ4v) is 7.79. The highest BCUT2D eigenvalue weighted by Gasteiger charge is 2.44. The highest BCUT2D eigenvalue weighted by atomic mass is 16.7. The zero-order valence-corrected chi connectivity index (χ0v) is 37.0. The first kappa shape index (κ1) is 54.9. The Bertz CT molecular complexity index is 954. The predicted molar refractivity (Wildman–Crippen MR) is 233 cm³/mol. The minimum absolute atomic E-state index is 0.259. The Morgan fingerprint density at radius 1 is 0.586 bits per heavy atom. The molecular formula is C47H91NO10. The Morgan fingerprint density at radius 3 is 1.48 bits per heavy atom. The van der Waals surface area contributed by atoms with E-state index in [1.807, 2.05) is 0 Å². The summed E-state index contributed by atoms with van der Waals surface area (Å²) in [6, 6.07) is -1.18. The summed E-state index contributed by atoms with van der Waals surface area (Å²) in [5.74, 6) is -0.704. The molecule has 0 bridgehead atoms. The summed E-state index contributed by atoms with van der Waals surface area (Å²) in [6.07, 6.45) is 28.4. The fourth-order valence-electron chi connectivity index (χ4n) is 7.79. The first-order valence-corrected chi connectivity index (χ1v) is 24.1. The van der Waals surface area contributed by atoms with Gasteiger partial charge in [-0.3, -0.25) is 4.79 Å². The highest BCUT2D eigenvalue weighted by Crippen LogP contribution is 2.23. The van der Waals surface area contributed by atoms with E-state index in [9.17, 15) is 40.5 Å². The topological polar surface area (TPSA) is 189 Å². The maximum Gasteiger partial charge on any atom is 0.249 e. The minimum Gasteiger partial charge on any atom is -0.394 e. The van der Waals surface area contributed by atoms with Crippen LogP contribution in [0.1, 0.15) is 213 Å². The van der Waals surface area contributed by atoms with Crippen molar-refractivity contribution in [1.29, 1.82) is 0 Å². The summed E-state index contributed by atoms with van der Waals surface area (Å²) in [6.45, 7) is 3.42. The van der Waals surface area contributed by atoms with Crippen molar-refractivity contribution in [3.05, 3.63) is 12.2 Å². The summed E-state index contributed by atoms with van der Waals surface area (Å²) in [4.78, 5) is 13.1. The zero-order valence-electron chi connectivity index (χ0n) is 37.0. The van der Waals surface area contributed by atoms with Gasteiger partial charge in [-0.15, -0.1) is 0 Å².